The summed E-state index contributed by atoms with van der Waals surface area (Å²) >= 11 is 5.95. The van der Waals surface area contributed by atoms with Crippen molar-refractivity contribution >= 4 is 17.6 Å². The molecule has 1 unspecified atom stereocenters. The highest BCUT2D eigenvalue weighted by atomic mass is 35.5. The summed E-state index contributed by atoms with van der Waals surface area (Å²) < 4.78 is 0. The van der Waals surface area contributed by atoms with Gasteiger partial charge in [-0.05, 0) is 44.0 Å². The van der Waals surface area contributed by atoms with E-state index in [1.165, 1.54) is 0 Å². The third kappa shape index (κ3) is 2.76. The number of carboxylic acid groups (broad SMARTS) is 1. The number of aromatic hydroxyl groups is 1. The first-order chi connectivity index (χ1) is 9.49. The molecule has 0 spiro atoms. The number of carboxylic acids is 1. The SMILES string of the molecule is CCCC1(C(=O)O)CCCN1Cc1cc(Cl)ccc1O. The third-order valence-corrected chi connectivity index (χ3v) is 4.32. The number of phenols is 1. The van der Waals surface area contributed by atoms with E-state index in [0.717, 1.165) is 19.4 Å². The summed E-state index contributed by atoms with van der Waals surface area (Å²) in [4.78, 5) is 13.7. The lowest BCUT2D eigenvalue weighted by Gasteiger charge is -2.34. The van der Waals surface area contributed by atoms with Gasteiger partial charge in [0.2, 0.25) is 0 Å². The lowest BCUT2D eigenvalue weighted by molar-refractivity contribution is -0.150. The zero-order valence-electron chi connectivity index (χ0n) is 11.6. The van der Waals surface area contributed by atoms with Gasteiger partial charge in [0.25, 0.3) is 0 Å². The average Bonchev–Trinajstić information content (AvgIpc) is 2.79. The molecule has 2 rings (SSSR count). The van der Waals surface area contributed by atoms with Gasteiger partial charge in [0.05, 0.1) is 0 Å². The Bertz CT molecular complexity index is 506. The predicted molar refractivity (Wildman–Crippen MR) is 78.0 cm³/mol. The maximum absolute atomic E-state index is 11.7. The van der Waals surface area contributed by atoms with Gasteiger partial charge in [-0.1, -0.05) is 24.9 Å². The highest BCUT2D eigenvalue weighted by Crippen LogP contribution is 2.36. The van der Waals surface area contributed by atoms with Crippen molar-refractivity contribution in [3.63, 3.8) is 0 Å². The molecule has 1 aliphatic rings. The van der Waals surface area contributed by atoms with Gasteiger partial charge in [-0.2, -0.15) is 0 Å². The quantitative estimate of drug-likeness (QED) is 0.876. The second kappa shape index (κ2) is 6.02. The third-order valence-electron chi connectivity index (χ3n) is 4.09. The standard InChI is InChI=1S/C15H20ClNO3/c1-2-6-15(14(19)20)7-3-8-17(15)10-11-9-12(16)4-5-13(11)18/h4-5,9,18H,2-3,6-8,10H2,1H3,(H,19,20). The summed E-state index contributed by atoms with van der Waals surface area (Å²) in [7, 11) is 0. The van der Waals surface area contributed by atoms with Crippen molar-refractivity contribution in [1.82, 2.24) is 4.90 Å². The van der Waals surface area contributed by atoms with Crippen molar-refractivity contribution in [3.8, 4) is 5.75 Å². The maximum atomic E-state index is 11.7. The molecule has 0 bridgehead atoms. The topological polar surface area (TPSA) is 60.8 Å². The number of carbonyl (C=O) groups is 1. The molecule has 2 N–H and O–H groups in total. The first kappa shape index (κ1) is 15.1. The van der Waals surface area contributed by atoms with E-state index >= 15 is 0 Å². The zero-order valence-corrected chi connectivity index (χ0v) is 12.4. The van der Waals surface area contributed by atoms with Gasteiger partial charge >= 0.3 is 5.97 Å². The van der Waals surface area contributed by atoms with Gasteiger partial charge in [-0.3, -0.25) is 9.69 Å². The van der Waals surface area contributed by atoms with E-state index in [1.54, 1.807) is 18.2 Å². The van der Waals surface area contributed by atoms with E-state index in [1.807, 2.05) is 11.8 Å². The molecule has 0 aromatic heterocycles. The van der Waals surface area contributed by atoms with Gasteiger partial charge in [-0.25, -0.2) is 0 Å². The fourth-order valence-electron chi connectivity index (χ4n) is 3.10. The summed E-state index contributed by atoms with van der Waals surface area (Å²) in [6.07, 6.45) is 2.99. The number of halogens is 1. The highest BCUT2D eigenvalue weighted by molar-refractivity contribution is 6.30. The molecule has 1 aromatic rings. The van der Waals surface area contributed by atoms with Crippen LogP contribution >= 0.6 is 11.6 Å². The van der Waals surface area contributed by atoms with Crippen LogP contribution in [0.1, 0.15) is 38.2 Å². The Labute approximate surface area is 124 Å². The van der Waals surface area contributed by atoms with Crippen molar-refractivity contribution in [3.05, 3.63) is 28.8 Å². The van der Waals surface area contributed by atoms with Crippen LogP contribution in [0.2, 0.25) is 5.02 Å². The van der Waals surface area contributed by atoms with E-state index in [-0.39, 0.29) is 5.75 Å². The zero-order chi connectivity index (χ0) is 14.8. The molecule has 0 saturated carbocycles. The van der Waals surface area contributed by atoms with Crippen LogP contribution in [0.3, 0.4) is 0 Å². The van der Waals surface area contributed by atoms with Gasteiger partial charge in [0.15, 0.2) is 0 Å². The monoisotopic (exact) mass is 297 g/mol. The molecule has 0 aliphatic carbocycles. The number of rotatable bonds is 5. The number of nitrogens with zero attached hydrogens (tertiary/aromatic N) is 1. The molecule has 1 heterocycles. The Morgan fingerprint density at radius 1 is 1.50 bits per heavy atom. The number of aliphatic carboxylic acids is 1. The second-order valence-electron chi connectivity index (χ2n) is 5.38. The fraction of sp³-hybridized carbons (Fsp3) is 0.533. The Morgan fingerprint density at radius 3 is 2.90 bits per heavy atom. The van der Waals surface area contributed by atoms with Crippen molar-refractivity contribution in [2.75, 3.05) is 6.54 Å². The number of benzene rings is 1. The molecule has 0 amide bonds. The van der Waals surface area contributed by atoms with Crippen LogP contribution < -0.4 is 0 Å². The van der Waals surface area contributed by atoms with E-state index in [9.17, 15) is 15.0 Å². The van der Waals surface area contributed by atoms with Crippen molar-refractivity contribution < 1.29 is 15.0 Å². The first-order valence-corrected chi connectivity index (χ1v) is 7.33. The van der Waals surface area contributed by atoms with Gasteiger partial charge in [-0.15, -0.1) is 0 Å². The van der Waals surface area contributed by atoms with Crippen LogP contribution in [0, 0.1) is 0 Å². The fourth-order valence-corrected chi connectivity index (χ4v) is 3.29. The molecule has 1 atom stereocenters. The lowest BCUT2D eigenvalue weighted by atomic mass is 9.90. The Hall–Kier alpha value is -1.26. The predicted octanol–water partition coefficient (Wildman–Crippen LogP) is 3.26. The van der Waals surface area contributed by atoms with Crippen LogP contribution in [0.15, 0.2) is 18.2 Å². The summed E-state index contributed by atoms with van der Waals surface area (Å²) in [6, 6.07) is 4.88. The summed E-state index contributed by atoms with van der Waals surface area (Å²) in [5.41, 5.74) is -0.120. The smallest absolute Gasteiger partial charge is 0.324 e. The van der Waals surface area contributed by atoms with Crippen molar-refractivity contribution in [2.24, 2.45) is 0 Å². The molecule has 4 nitrogen and oxygen atoms in total. The number of hydrogen-bond acceptors (Lipinski definition) is 3. The normalized spacial score (nSPS) is 23.1. The maximum Gasteiger partial charge on any atom is 0.324 e. The largest absolute Gasteiger partial charge is 0.508 e. The number of hydrogen-bond donors (Lipinski definition) is 2. The second-order valence-corrected chi connectivity index (χ2v) is 5.82. The first-order valence-electron chi connectivity index (χ1n) is 6.95. The van der Waals surface area contributed by atoms with Gasteiger partial charge < -0.3 is 10.2 Å². The molecule has 20 heavy (non-hydrogen) atoms. The van der Waals surface area contributed by atoms with Crippen LogP contribution in [-0.4, -0.2) is 33.2 Å². The van der Waals surface area contributed by atoms with E-state index in [2.05, 4.69) is 0 Å². The van der Waals surface area contributed by atoms with Crippen molar-refractivity contribution in [2.45, 2.75) is 44.7 Å². The number of likely N-dealkylation sites (tertiary alicyclic amines) is 1. The van der Waals surface area contributed by atoms with E-state index < -0.39 is 11.5 Å². The Morgan fingerprint density at radius 2 is 2.25 bits per heavy atom. The molecule has 1 saturated heterocycles. The van der Waals surface area contributed by atoms with Crippen LogP contribution in [0.4, 0.5) is 0 Å². The molecule has 1 fully saturated rings. The molecule has 5 heteroatoms. The molecule has 0 radical (unpaired) electrons. The minimum atomic E-state index is -0.802. The molecule has 110 valence electrons. The lowest BCUT2D eigenvalue weighted by Crippen LogP contribution is -2.49. The van der Waals surface area contributed by atoms with Crippen molar-refractivity contribution in [1.29, 1.82) is 0 Å². The van der Waals surface area contributed by atoms with E-state index in [4.69, 9.17) is 11.6 Å². The minimum absolute atomic E-state index is 0.164. The van der Waals surface area contributed by atoms with Crippen LogP contribution in [-0.2, 0) is 11.3 Å². The van der Waals surface area contributed by atoms with E-state index in [0.29, 0.717) is 30.0 Å². The average molecular weight is 298 g/mol. The molecular weight excluding hydrogens is 278 g/mol. The molecular formula is C15H20ClNO3. The Kier molecular flexibility index (Phi) is 4.55. The van der Waals surface area contributed by atoms with Crippen LogP contribution in [0.5, 0.6) is 5.75 Å². The molecule has 1 aromatic carbocycles. The minimum Gasteiger partial charge on any atom is -0.508 e. The summed E-state index contributed by atoms with van der Waals surface area (Å²) in [5, 5.41) is 20.1. The molecule has 1 aliphatic heterocycles. The summed E-state index contributed by atoms with van der Waals surface area (Å²) in [5.74, 6) is -0.601. The van der Waals surface area contributed by atoms with Gasteiger partial charge in [0, 0.05) is 17.1 Å². The number of phenolic OH excluding ortho intramolecular Hbond substituents is 1. The Balaban J connectivity index is 2.26. The summed E-state index contributed by atoms with van der Waals surface area (Å²) in [6.45, 7) is 3.15. The highest BCUT2D eigenvalue weighted by Gasteiger charge is 2.46. The van der Waals surface area contributed by atoms with Gasteiger partial charge in [0.1, 0.15) is 11.3 Å². The van der Waals surface area contributed by atoms with Crippen LogP contribution in [0.25, 0.3) is 0 Å².